The molecule has 15 heavy (non-hydrogen) atoms. The molecule has 0 aromatic rings. The molecule has 1 aliphatic rings. The molecule has 1 unspecified atom stereocenters. The van der Waals surface area contributed by atoms with E-state index in [2.05, 4.69) is 4.89 Å². The van der Waals surface area contributed by atoms with Crippen molar-refractivity contribution in [2.45, 2.75) is 18.6 Å². The molecule has 1 rings (SSSR count). The summed E-state index contributed by atoms with van der Waals surface area (Å²) in [7, 11) is 0. The van der Waals surface area contributed by atoms with Crippen molar-refractivity contribution in [1.82, 2.24) is 0 Å². The molecule has 0 saturated heterocycles. The quantitative estimate of drug-likeness (QED) is 0.437. The van der Waals surface area contributed by atoms with E-state index < -0.39 is 23.9 Å². The van der Waals surface area contributed by atoms with E-state index in [4.69, 9.17) is 16.1 Å². The Morgan fingerprint density at radius 2 is 2.27 bits per heavy atom. The summed E-state index contributed by atoms with van der Waals surface area (Å²) in [5, 5.41) is 16.9. The van der Waals surface area contributed by atoms with Crippen molar-refractivity contribution in [3.63, 3.8) is 0 Å². The molecule has 0 amide bonds. The summed E-state index contributed by atoms with van der Waals surface area (Å²) < 4.78 is 0. The fourth-order valence-corrected chi connectivity index (χ4v) is 1.18. The van der Waals surface area contributed by atoms with Gasteiger partial charge in [0.15, 0.2) is 11.9 Å². The smallest absolute Gasteiger partial charge is 0.320 e. The molecular weight excluding hydrogens is 202 g/mol. The third-order valence-corrected chi connectivity index (χ3v) is 1.99. The van der Waals surface area contributed by atoms with Gasteiger partial charge in [-0.15, -0.1) is 0 Å². The Labute approximate surface area is 85.6 Å². The lowest BCUT2D eigenvalue weighted by Crippen LogP contribution is -2.31. The molecule has 4 N–H and O–H groups in total. The first-order chi connectivity index (χ1) is 7.04. The maximum absolute atomic E-state index is 11.0. The molecule has 82 valence electrons. The van der Waals surface area contributed by atoms with Gasteiger partial charge in [-0.2, -0.15) is 0 Å². The van der Waals surface area contributed by atoms with E-state index in [9.17, 15) is 9.59 Å². The van der Waals surface area contributed by atoms with Crippen LogP contribution in [0.25, 0.3) is 0 Å². The lowest BCUT2D eigenvalue weighted by molar-refractivity contribution is -0.258. The van der Waals surface area contributed by atoms with Crippen LogP contribution in [0.1, 0.15) is 6.42 Å². The molecular formula is C9H11NO5. The zero-order valence-electron chi connectivity index (χ0n) is 7.79. The highest BCUT2D eigenvalue weighted by atomic mass is 17.1. The van der Waals surface area contributed by atoms with Gasteiger partial charge in [-0.1, -0.05) is 6.08 Å². The first kappa shape index (κ1) is 11.6. The van der Waals surface area contributed by atoms with E-state index in [0.717, 1.165) is 0 Å². The average molecular weight is 213 g/mol. The predicted molar refractivity (Wildman–Crippen MR) is 50.0 cm³/mol. The van der Waals surface area contributed by atoms with Crippen LogP contribution in [0.3, 0.4) is 0 Å². The number of carbonyl (C=O) groups excluding carboxylic acids is 1. The number of carboxylic acids is 1. The van der Waals surface area contributed by atoms with Crippen molar-refractivity contribution in [1.29, 1.82) is 0 Å². The first-order valence-corrected chi connectivity index (χ1v) is 4.26. The van der Waals surface area contributed by atoms with Gasteiger partial charge < -0.3 is 10.8 Å². The Hall–Kier alpha value is -1.50. The minimum Gasteiger partial charge on any atom is -0.480 e. The lowest BCUT2D eigenvalue weighted by Gasteiger charge is -2.14. The average Bonchev–Trinajstić information content (AvgIpc) is 2.20. The second-order valence-electron chi connectivity index (χ2n) is 3.15. The van der Waals surface area contributed by atoms with Gasteiger partial charge in [0.2, 0.25) is 0 Å². The summed E-state index contributed by atoms with van der Waals surface area (Å²) in [6.45, 7) is 0. The molecule has 6 heteroatoms. The molecule has 0 heterocycles. The number of nitrogens with two attached hydrogens (primary N) is 1. The predicted octanol–water partition coefficient (Wildman–Crippen LogP) is -0.288. The van der Waals surface area contributed by atoms with Crippen molar-refractivity contribution in [2.75, 3.05) is 0 Å². The Morgan fingerprint density at radius 3 is 2.80 bits per heavy atom. The SMILES string of the molecule is N[C@@H](CC1=CC(OO)C(=O)C=C1)C(=O)O. The Balaban J connectivity index is 2.68. The molecule has 0 aliphatic heterocycles. The first-order valence-electron chi connectivity index (χ1n) is 4.26. The van der Waals surface area contributed by atoms with Gasteiger partial charge in [0.05, 0.1) is 0 Å². The van der Waals surface area contributed by atoms with Gasteiger partial charge >= 0.3 is 5.97 Å². The number of hydrogen-bond donors (Lipinski definition) is 3. The lowest BCUT2D eigenvalue weighted by atomic mass is 9.98. The van der Waals surface area contributed by atoms with E-state index in [0.29, 0.717) is 5.57 Å². The zero-order valence-corrected chi connectivity index (χ0v) is 7.79. The van der Waals surface area contributed by atoms with Gasteiger partial charge in [0, 0.05) is 0 Å². The Kier molecular flexibility index (Phi) is 3.73. The molecule has 1 aliphatic carbocycles. The molecule has 0 radical (unpaired) electrons. The summed E-state index contributed by atoms with van der Waals surface area (Å²) >= 11 is 0. The fourth-order valence-electron chi connectivity index (χ4n) is 1.18. The summed E-state index contributed by atoms with van der Waals surface area (Å²) in [5.74, 6) is -1.52. The van der Waals surface area contributed by atoms with Gasteiger partial charge in [-0.25, -0.2) is 4.89 Å². The summed E-state index contributed by atoms with van der Waals surface area (Å²) in [6.07, 6.45) is 3.03. The standard InChI is InChI=1S/C9H11NO5/c10-6(9(12)13)3-5-1-2-7(11)8(4-5)15-14/h1-2,4,6,8,14H,3,10H2,(H,12,13)/t6-,8?/m0/s1. The van der Waals surface area contributed by atoms with Gasteiger partial charge in [0.25, 0.3) is 0 Å². The number of carboxylic acid groups (broad SMARTS) is 1. The largest absolute Gasteiger partial charge is 0.480 e. The van der Waals surface area contributed by atoms with Crippen LogP contribution in [0.5, 0.6) is 0 Å². The van der Waals surface area contributed by atoms with Gasteiger partial charge in [-0.05, 0) is 24.1 Å². The summed E-state index contributed by atoms with van der Waals surface area (Å²) in [5.41, 5.74) is 5.85. The van der Waals surface area contributed by atoms with Gasteiger partial charge in [-0.3, -0.25) is 14.8 Å². The van der Waals surface area contributed by atoms with Crippen molar-refractivity contribution in [2.24, 2.45) is 5.73 Å². The maximum Gasteiger partial charge on any atom is 0.320 e. The molecule has 0 fully saturated rings. The summed E-state index contributed by atoms with van der Waals surface area (Å²) in [4.78, 5) is 25.4. The fraction of sp³-hybridized carbons (Fsp3) is 0.333. The highest BCUT2D eigenvalue weighted by Crippen LogP contribution is 2.14. The number of carbonyl (C=O) groups is 2. The third-order valence-electron chi connectivity index (χ3n) is 1.99. The highest BCUT2D eigenvalue weighted by molar-refractivity contribution is 5.96. The van der Waals surface area contributed by atoms with Crippen LogP contribution in [0.15, 0.2) is 23.8 Å². The van der Waals surface area contributed by atoms with Crippen molar-refractivity contribution < 1.29 is 24.8 Å². The molecule has 0 aromatic heterocycles. The number of hydrogen-bond acceptors (Lipinski definition) is 5. The summed E-state index contributed by atoms with van der Waals surface area (Å²) in [6, 6.07) is -1.03. The molecule has 6 nitrogen and oxygen atoms in total. The minimum atomic E-state index is -1.12. The zero-order chi connectivity index (χ0) is 11.4. The highest BCUT2D eigenvalue weighted by Gasteiger charge is 2.21. The van der Waals surface area contributed by atoms with E-state index >= 15 is 0 Å². The van der Waals surface area contributed by atoms with Crippen molar-refractivity contribution in [3.8, 4) is 0 Å². The van der Waals surface area contributed by atoms with Crippen LogP contribution in [0.4, 0.5) is 0 Å². The normalized spacial score (nSPS) is 22.4. The second kappa shape index (κ2) is 4.83. The Bertz CT molecular complexity index is 333. The monoisotopic (exact) mass is 213 g/mol. The van der Waals surface area contributed by atoms with Crippen LogP contribution < -0.4 is 5.73 Å². The molecule has 0 saturated carbocycles. The number of rotatable bonds is 4. The van der Waals surface area contributed by atoms with Crippen LogP contribution >= 0.6 is 0 Å². The van der Waals surface area contributed by atoms with Crippen molar-refractivity contribution in [3.05, 3.63) is 23.8 Å². The van der Waals surface area contributed by atoms with Crippen LogP contribution in [-0.2, 0) is 14.5 Å². The van der Waals surface area contributed by atoms with Crippen LogP contribution in [0.2, 0.25) is 0 Å². The Morgan fingerprint density at radius 1 is 1.60 bits per heavy atom. The second-order valence-corrected chi connectivity index (χ2v) is 3.15. The molecule has 2 atom stereocenters. The van der Waals surface area contributed by atoms with Crippen molar-refractivity contribution >= 4 is 11.8 Å². The number of aliphatic carboxylic acids is 1. The molecule has 0 spiro atoms. The third kappa shape index (κ3) is 2.98. The van der Waals surface area contributed by atoms with Crippen LogP contribution in [0, 0.1) is 0 Å². The van der Waals surface area contributed by atoms with Gasteiger partial charge in [0.1, 0.15) is 6.04 Å². The van der Waals surface area contributed by atoms with E-state index in [-0.39, 0.29) is 6.42 Å². The molecule has 0 aromatic carbocycles. The topological polar surface area (TPSA) is 110 Å². The maximum atomic E-state index is 11.0. The number of allylic oxidation sites excluding steroid dienone is 1. The number of ketones is 1. The van der Waals surface area contributed by atoms with E-state index in [1.165, 1.54) is 18.2 Å². The van der Waals surface area contributed by atoms with E-state index in [1.54, 1.807) is 0 Å². The van der Waals surface area contributed by atoms with Crippen LogP contribution in [-0.4, -0.2) is 34.3 Å². The van der Waals surface area contributed by atoms with E-state index in [1.807, 2.05) is 0 Å². The molecule has 0 bridgehead atoms. The minimum absolute atomic E-state index is 0.0823.